The molecule has 1 atom stereocenters. The number of amides is 1. The van der Waals surface area contributed by atoms with Crippen LogP contribution in [0.2, 0.25) is 0 Å². The van der Waals surface area contributed by atoms with Crippen molar-refractivity contribution >= 4 is 11.9 Å². The molecule has 2 N–H and O–H groups in total. The summed E-state index contributed by atoms with van der Waals surface area (Å²) >= 11 is 0. The van der Waals surface area contributed by atoms with Crippen LogP contribution >= 0.6 is 0 Å². The van der Waals surface area contributed by atoms with Gasteiger partial charge in [-0.3, -0.25) is 14.7 Å². The summed E-state index contributed by atoms with van der Waals surface area (Å²) in [5.74, 6) is -1.82. The summed E-state index contributed by atoms with van der Waals surface area (Å²) in [6.45, 7) is 2.38. The van der Waals surface area contributed by atoms with Crippen LogP contribution in [0.15, 0.2) is 30.5 Å². The molecule has 1 amide bonds. The zero-order valence-corrected chi connectivity index (χ0v) is 11.5. The second-order valence-corrected chi connectivity index (χ2v) is 5.20. The van der Waals surface area contributed by atoms with Crippen LogP contribution in [-0.2, 0) is 11.3 Å². The molecule has 0 fully saturated rings. The molecular formula is C15H15N3O3. The summed E-state index contributed by atoms with van der Waals surface area (Å²) in [7, 11) is 0. The standard InChI is InChI=1S/C15H15N3O3/c1-9-6-16-17-13(9)14(19)18-7-10-4-2-3-5-11(10)12(8-18)15(20)21/h2-6,12H,7-8H2,1H3,(H,16,17)(H,20,21). The third-order valence-electron chi connectivity index (χ3n) is 3.82. The van der Waals surface area contributed by atoms with Crippen LogP contribution in [-0.4, -0.2) is 38.6 Å². The van der Waals surface area contributed by atoms with Gasteiger partial charge in [-0.15, -0.1) is 0 Å². The molecule has 1 aromatic carbocycles. The van der Waals surface area contributed by atoms with Gasteiger partial charge in [0.15, 0.2) is 0 Å². The minimum absolute atomic E-state index is 0.170. The molecule has 0 radical (unpaired) electrons. The molecule has 0 bridgehead atoms. The molecule has 1 aromatic heterocycles. The number of fused-ring (bicyclic) bond motifs is 1. The fraction of sp³-hybridized carbons (Fsp3) is 0.267. The van der Waals surface area contributed by atoms with E-state index in [1.807, 2.05) is 24.3 Å². The van der Waals surface area contributed by atoms with Crippen LogP contribution in [0.5, 0.6) is 0 Å². The van der Waals surface area contributed by atoms with Crippen molar-refractivity contribution in [2.45, 2.75) is 19.4 Å². The average molecular weight is 285 g/mol. The topological polar surface area (TPSA) is 86.3 Å². The van der Waals surface area contributed by atoms with Crippen molar-refractivity contribution in [3.8, 4) is 0 Å². The van der Waals surface area contributed by atoms with E-state index in [1.165, 1.54) is 0 Å². The van der Waals surface area contributed by atoms with Gasteiger partial charge in [0.1, 0.15) is 5.69 Å². The van der Waals surface area contributed by atoms with E-state index in [4.69, 9.17) is 0 Å². The van der Waals surface area contributed by atoms with E-state index in [0.29, 0.717) is 12.2 Å². The number of carbonyl (C=O) groups excluding carboxylic acids is 1. The summed E-state index contributed by atoms with van der Waals surface area (Å²) in [5.41, 5.74) is 2.83. The normalized spacial score (nSPS) is 17.4. The van der Waals surface area contributed by atoms with Gasteiger partial charge in [0, 0.05) is 13.1 Å². The Labute approximate surface area is 121 Å². The summed E-state index contributed by atoms with van der Waals surface area (Å²) < 4.78 is 0. The first kappa shape index (κ1) is 13.4. The molecule has 6 nitrogen and oxygen atoms in total. The molecule has 1 aliphatic heterocycles. The van der Waals surface area contributed by atoms with Gasteiger partial charge in [0.25, 0.3) is 5.91 Å². The minimum atomic E-state index is -0.915. The number of nitrogens with zero attached hydrogens (tertiary/aromatic N) is 2. The molecule has 1 aliphatic rings. The quantitative estimate of drug-likeness (QED) is 0.876. The lowest BCUT2D eigenvalue weighted by molar-refractivity contribution is -0.139. The molecule has 2 aromatic rings. The molecule has 3 rings (SSSR count). The summed E-state index contributed by atoms with van der Waals surface area (Å²) in [5, 5.41) is 15.9. The number of aromatic nitrogens is 2. The number of H-pyrrole nitrogens is 1. The van der Waals surface area contributed by atoms with Gasteiger partial charge in [-0.2, -0.15) is 5.10 Å². The average Bonchev–Trinajstić information content (AvgIpc) is 2.91. The van der Waals surface area contributed by atoms with Gasteiger partial charge in [0.05, 0.1) is 12.1 Å². The van der Waals surface area contributed by atoms with Gasteiger partial charge < -0.3 is 10.0 Å². The number of aryl methyl sites for hydroxylation is 1. The summed E-state index contributed by atoms with van der Waals surface area (Å²) in [4.78, 5) is 25.6. The molecule has 2 heterocycles. The lowest BCUT2D eigenvalue weighted by Gasteiger charge is -2.32. The Kier molecular flexibility index (Phi) is 3.21. The Hall–Kier alpha value is -2.63. The van der Waals surface area contributed by atoms with E-state index in [-0.39, 0.29) is 12.5 Å². The Morgan fingerprint density at radius 3 is 2.81 bits per heavy atom. The summed E-state index contributed by atoms with van der Waals surface area (Å²) in [6, 6.07) is 7.36. The lowest BCUT2D eigenvalue weighted by Crippen LogP contribution is -2.41. The number of aromatic amines is 1. The van der Waals surface area contributed by atoms with Crippen LogP contribution in [0, 0.1) is 6.92 Å². The van der Waals surface area contributed by atoms with E-state index in [1.54, 1.807) is 18.0 Å². The first-order valence-corrected chi connectivity index (χ1v) is 6.67. The highest BCUT2D eigenvalue weighted by atomic mass is 16.4. The third-order valence-corrected chi connectivity index (χ3v) is 3.82. The summed E-state index contributed by atoms with van der Waals surface area (Å²) in [6.07, 6.45) is 1.58. The number of carboxylic acid groups (broad SMARTS) is 1. The van der Waals surface area contributed by atoms with Gasteiger partial charge in [-0.25, -0.2) is 0 Å². The van der Waals surface area contributed by atoms with Crippen LogP contribution in [0.25, 0.3) is 0 Å². The number of carbonyl (C=O) groups is 2. The van der Waals surface area contributed by atoms with Gasteiger partial charge in [-0.05, 0) is 23.6 Å². The Morgan fingerprint density at radius 1 is 1.38 bits per heavy atom. The Balaban J connectivity index is 1.95. The van der Waals surface area contributed by atoms with E-state index < -0.39 is 11.9 Å². The fourth-order valence-electron chi connectivity index (χ4n) is 2.69. The van der Waals surface area contributed by atoms with Crippen molar-refractivity contribution < 1.29 is 14.7 Å². The molecule has 0 saturated heterocycles. The zero-order chi connectivity index (χ0) is 15.0. The van der Waals surface area contributed by atoms with Crippen LogP contribution in [0.3, 0.4) is 0 Å². The van der Waals surface area contributed by atoms with E-state index >= 15 is 0 Å². The highest BCUT2D eigenvalue weighted by Crippen LogP contribution is 2.29. The van der Waals surface area contributed by atoms with Crippen molar-refractivity contribution in [2.24, 2.45) is 0 Å². The van der Waals surface area contributed by atoms with E-state index in [2.05, 4.69) is 10.2 Å². The second kappa shape index (κ2) is 5.05. The number of rotatable bonds is 2. The predicted octanol–water partition coefficient (Wildman–Crippen LogP) is 1.54. The first-order chi connectivity index (χ1) is 10.1. The largest absolute Gasteiger partial charge is 0.481 e. The number of aliphatic carboxylic acids is 1. The molecule has 21 heavy (non-hydrogen) atoms. The Bertz CT molecular complexity index is 708. The maximum atomic E-state index is 12.5. The first-order valence-electron chi connectivity index (χ1n) is 6.67. The maximum absolute atomic E-state index is 12.5. The molecule has 0 saturated carbocycles. The van der Waals surface area contributed by atoms with Crippen molar-refractivity contribution in [3.63, 3.8) is 0 Å². The predicted molar refractivity (Wildman–Crippen MR) is 74.9 cm³/mol. The van der Waals surface area contributed by atoms with Crippen LogP contribution < -0.4 is 0 Å². The lowest BCUT2D eigenvalue weighted by atomic mass is 9.89. The number of benzene rings is 1. The smallest absolute Gasteiger partial charge is 0.312 e. The van der Waals surface area contributed by atoms with E-state index in [0.717, 1.165) is 16.7 Å². The van der Waals surface area contributed by atoms with Crippen molar-refractivity contribution in [3.05, 3.63) is 52.8 Å². The molecule has 0 aliphatic carbocycles. The Morgan fingerprint density at radius 2 is 2.14 bits per heavy atom. The maximum Gasteiger partial charge on any atom is 0.312 e. The fourth-order valence-corrected chi connectivity index (χ4v) is 2.69. The third kappa shape index (κ3) is 2.29. The SMILES string of the molecule is Cc1cn[nH]c1C(=O)N1Cc2ccccc2C(C(=O)O)C1. The minimum Gasteiger partial charge on any atom is -0.481 e. The van der Waals surface area contributed by atoms with Crippen molar-refractivity contribution in [2.75, 3.05) is 6.54 Å². The highest BCUT2D eigenvalue weighted by Gasteiger charge is 2.33. The highest BCUT2D eigenvalue weighted by molar-refractivity contribution is 5.94. The number of carboxylic acids is 1. The van der Waals surface area contributed by atoms with Crippen LogP contribution in [0.1, 0.15) is 33.1 Å². The second-order valence-electron chi connectivity index (χ2n) is 5.20. The molecule has 1 unspecified atom stereocenters. The number of hydrogen-bond acceptors (Lipinski definition) is 3. The van der Waals surface area contributed by atoms with Crippen LogP contribution in [0.4, 0.5) is 0 Å². The number of hydrogen-bond donors (Lipinski definition) is 2. The zero-order valence-electron chi connectivity index (χ0n) is 11.5. The monoisotopic (exact) mass is 285 g/mol. The molecule has 6 heteroatoms. The number of nitrogens with one attached hydrogen (secondary N) is 1. The van der Waals surface area contributed by atoms with Crippen molar-refractivity contribution in [1.82, 2.24) is 15.1 Å². The van der Waals surface area contributed by atoms with Gasteiger partial charge in [0.2, 0.25) is 0 Å². The molecule has 0 spiro atoms. The molecular weight excluding hydrogens is 270 g/mol. The molecule has 108 valence electrons. The van der Waals surface area contributed by atoms with E-state index in [9.17, 15) is 14.7 Å². The van der Waals surface area contributed by atoms with Gasteiger partial charge >= 0.3 is 5.97 Å². The van der Waals surface area contributed by atoms with Crippen molar-refractivity contribution in [1.29, 1.82) is 0 Å². The van der Waals surface area contributed by atoms with Gasteiger partial charge in [-0.1, -0.05) is 24.3 Å².